The van der Waals surface area contributed by atoms with Crippen LogP contribution in [0.5, 0.6) is 0 Å². The summed E-state index contributed by atoms with van der Waals surface area (Å²) < 4.78 is 30.7. The molecule has 0 spiro atoms. The lowest BCUT2D eigenvalue weighted by molar-refractivity contribution is 0.0957. The lowest BCUT2D eigenvalue weighted by Gasteiger charge is -2.25. The summed E-state index contributed by atoms with van der Waals surface area (Å²) in [4.78, 5) is 24.3. The van der Waals surface area contributed by atoms with E-state index < -0.39 is 17.7 Å². The van der Waals surface area contributed by atoms with Crippen molar-refractivity contribution < 1.29 is 18.7 Å². The molecule has 6 nitrogen and oxygen atoms in total. The summed E-state index contributed by atoms with van der Waals surface area (Å²) in [6.45, 7) is 3.29. The van der Waals surface area contributed by atoms with Crippen LogP contribution in [-0.2, 0) is 0 Å². The number of Topliss-reactive ketones (excluding diaryl/α,β-unsaturated/α-hetero) is 1. The Labute approximate surface area is 151 Å². The van der Waals surface area contributed by atoms with Crippen LogP contribution in [0.2, 0.25) is 5.28 Å². The van der Waals surface area contributed by atoms with E-state index in [1.165, 1.54) is 6.92 Å². The van der Waals surface area contributed by atoms with Crippen molar-refractivity contribution in [2.75, 3.05) is 0 Å². The molecule has 0 saturated carbocycles. The van der Waals surface area contributed by atoms with Gasteiger partial charge in [0.25, 0.3) is 0 Å². The van der Waals surface area contributed by atoms with Crippen molar-refractivity contribution in [2.24, 2.45) is 0 Å². The second-order valence-electron chi connectivity index (χ2n) is 6.31. The van der Waals surface area contributed by atoms with Crippen LogP contribution >= 0.6 is 11.6 Å². The van der Waals surface area contributed by atoms with Crippen LogP contribution in [0, 0.1) is 11.6 Å². The van der Waals surface area contributed by atoms with Crippen LogP contribution in [0.15, 0.2) is 12.3 Å². The van der Waals surface area contributed by atoms with Crippen LogP contribution in [0.4, 0.5) is 8.78 Å². The van der Waals surface area contributed by atoms with Gasteiger partial charge in [0, 0.05) is 18.0 Å². The average molecular weight is 379 g/mol. The van der Waals surface area contributed by atoms with Gasteiger partial charge in [0.2, 0.25) is 5.28 Å². The van der Waals surface area contributed by atoms with Gasteiger partial charge in [0.05, 0.1) is 17.3 Å². The zero-order valence-electron chi connectivity index (χ0n) is 13.8. The predicted octanol–water partition coefficient (Wildman–Crippen LogP) is 3.63. The van der Waals surface area contributed by atoms with E-state index in [1.807, 2.05) is 0 Å². The molecule has 0 radical (unpaired) electrons. The third kappa shape index (κ3) is 2.33. The normalized spacial score (nSPS) is 17.8. The first-order valence-corrected chi connectivity index (χ1v) is 8.31. The summed E-state index contributed by atoms with van der Waals surface area (Å²) in [7, 11) is 0. The largest absolute Gasteiger partial charge is 0.385 e. The molecular weight excluding hydrogens is 366 g/mol. The maximum atomic E-state index is 14.7. The van der Waals surface area contributed by atoms with E-state index in [2.05, 4.69) is 15.0 Å². The van der Waals surface area contributed by atoms with E-state index in [4.69, 9.17) is 11.6 Å². The Bertz CT molecular complexity index is 1080. The molecule has 0 fully saturated rings. The third-order valence-corrected chi connectivity index (χ3v) is 4.67. The summed E-state index contributed by atoms with van der Waals surface area (Å²) in [6, 6.07) is 0.703. The fraction of sp³-hybridized carbons (Fsp3) is 0.294. The number of nitrogens with zero attached hydrogens (tertiary/aromatic N) is 4. The lowest BCUT2D eigenvalue weighted by atomic mass is 9.92. The summed E-state index contributed by atoms with van der Waals surface area (Å²) in [6.07, 6.45) is 0.0181. The molecule has 1 aromatic carbocycles. The van der Waals surface area contributed by atoms with Crippen LogP contribution in [0.1, 0.15) is 48.6 Å². The van der Waals surface area contributed by atoms with Crippen molar-refractivity contribution in [1.29, 1.82) is 0 Å². The molecule has 2 atom stereocenters. The summed E-state index contributed by atoms with van der Waals surface area (Å²) in [5, 5.41) is 9.79. The van der Waals surface area contributed by atoms with Crippen LogP contribution in [-0.4, -0.2) is 30.4 Å². The number of hydrogen-bond donors (Lipinski definition) is 1. The topological polar surface area (TPSA) is 80.9 Å². The molecule has 2 aromatic heterocycles. The number of halogens is 3. The average Bonchev–Trinajstić information content (AvgIpc) is 2.97. The predicted molar refractivity (Wildman–Crippen MR) is 90.0 cm³/mol. The molecule has 26 heavy (non-hydrogen) atoms. The molecule has 0 amide bonds. The first kappa shape index (κ1) is 17.0. The number of rotatable bonds is 2. The molecule has 1 aliphatic rings. The number of carbonyl (C=O) groups is 1. The highest BCUT2D eigenvalue weighted by molar-refractivity contribution is 6.28. The zero-order valence-corrected chi connectivity index (χ0v) is 14.6. The molecule has 1 aliphatic heterocycles. The lowest BCUT2D eigenvalue weighted by Crippen LogP contribution is -2.22. The number of benzene rings is 1. The van der Waals surface area contributed by atoms with Crippen molar-refractivity contribution >= 4 is 28.4 Å². The maximum absolute atomic E-state index is 14.7. The molecule has 4 rings (SSSR count). The molecule has 1 unspecified atom stereocenters. The number of aliphatic hydroxyl groups excluding tert-OH is 1. The Hall–Kier alpha value is -2.45. The fourth-order valence-corrected chi connectivity index (χ4v) is 3.59. The van der Waals surface area contributed by atoms with Gasteiger partial charge in [-0.25, -0.2) is 23.7 Å². The van der Waals surface area contributed by atoms with Crippen LogP contribution < -0.4 is 0 Å². The monoisotopic (exact) mass is 378 g/mol. The molecule has 3 aromatic rings. The SMILES string of the molecule is CC(O)c1nc2c(F)cc(-c3nc(Cl)ncc3F)c3c2n1[C@@H](C)CC3=O. The molecule has 0 aliphatic carbocycles. The van der Waals surface area contributed by atoms with E-state index in [0.717, 1.165) is 12.3 Å². The highest BCUT2D eigenvalue weighted by Crippen LogP contribution is 2.40. The molecule has 1 N–H and O–H groups in total. The Morgan fingerprint density at radius 2 is 2.08 bits per heavy atom. The molecule has 9 heteroatoms. The first-order chi connectivity index (χ1) is 12.3. The van der Waals surface area contributed by atoms with Crippen LogP contribution in [0.25, 0.3) is 22.3 Å². The highest BCUT2D eigenvalue weighted by atomic mass is 35.5. The van der Waals surface area contributed by atoms with Crippen molar-refractivity contribution in [3.8, 4) is 11.3 Å². The maximum Gasteiger partial charge on any atom is 0.223 e. The molecule has 134 valence electrons. The van der Waals surface area contributed by atoms with E-state index >= 15 is 0 Å². The number of ketones is 1. The zero-order chi connectivity index (χ0) is 18.7. The Morgan fingerprint density at radius 3 is 2.77 bits per heavy atom. The Kier molecular flexibility index (Phi) is 3.78. The number of carbonyl (C=O) groups excluding carboxylic acids is 1. The van der Waals surface area contributed by atoms with Gasteiger partial charge in [0.1, 0.15) is 23.1 Å². The van der Waals surface area contributed by atoms with Gasteiger partial charge in [0.15, 0.2) is 17.4 Å². The number of imidazole rings is 1. The second-order valence-corrected chi connectivity index (χ2v) is 6.64. The van der Waals surface area contributed by atoms with Crippen molar-refractivity contribution in [1.82, 2.24) is 19.5 Å². The Balaban J connectivity index is 2.17. The smallest absolute Gasteiger partial charge is 0.223 e. The first-order valence-electron chi connectivity index (χ1n) is 7.93. The van der Waals surface area contributed by atoms with Gasteiger partial charge in [-0.1, -0.05) is 0 Å². The minimum absolute atomic E-state index is 0.00741. The van der Waals surface area contributed by atoms with Gasteiger partial charge >= 0.3 is 0 Å². The number of hydrogen-bond acceptors (Lipinski definition) is 5. The Morgan fingerprint density at radius 1 is 1.35 bits per heavy atom. The van der Waals surface area contributed by atoms with Gasteiger partial charge in [-0.2, -0.15) is 0 Å². The third-order valence-electron chi connectivity index (χ3n) is 4.49. The standard InChI is InChI=1S/C17H13ClF2N4O2/c1-6-3-11(26)12-8(13-10(20)5-21-17(18)23-13)4-9(19)14-15(12)24(6)16(22-14)7(2)25/h4-7,25H,3H2,1-2H3/t6-,7?/m0/s1. The van der Waals surface area contributed by atoms with E-state index in [-0.39, 0.29) is 57.2 Å². The summed E-state index contributed by atoms with van der Waals surface area (Å²) in [5.41, 5.74) is 0.0449. The van der Waals surface area contributed by atoms with Gasteiger partial charge in [-0.05, 0) is 31.5 Å². The van der Waals surface area contributed by atoms with E-state index in [9.17, 15) is 18.7 Å². The minimum Gasteiger partial charge on any atom is -0.385 e. The molecule has 3 heterocycles. The van der Waals surface area contributed by atoms with Crippen molar-refractivity contribution in [2.45, 2.75) is 32.4 Å². The number of aromatic nitrogens is 4. The van der Waals surface area contributed by atoms with Gasteiger partial charge < -0.3 is 9.67 Å². The van der Waals surface area contributed by atoms with E-state index in [0.29, 0.717) is 0 Å². The summed E-state index contributed by atoms with van der Waals surface area (Å²) in [5.74, 6) is -1.59. The molecule has 0 bridgehead atoms. The summed E-state index contributed by atoms with van der Waals surface area (Å²) >= 11 is 5.75. The molecular formula is C17H13ClF2N4O2. The van der Waals surface area contributed by atoms with Gasteiger partial charge in [-0.3, -0.25) is 4.79 Å². The minimum atomic E-state index is -0.959. The fourth-order valence-electron chi connectivity index (χ4n) is 3.46. The molecule has 0 saturated heterocycles. The quantitative estimate of drug-likeness (QED) is 0.689. The van der Waals surface area contributed by atoms with Crippen molar-refractivity contribution in [3.05, 3.63) is 40.6 Å². The van der Waals surface area contributed by atoms with E-state index in [1.54, 1.807) is 11.5 Å². The number of aliphatic hydroxyl groups is 1. The highest BCUT2D eigenvalue weighted by Gasteiger charge is 2.34. The van der Waals surface area contributed by atoms with Crippen LogP contribution in [0.3, 0.4) is 0 Å². The second kappa shape index (κ2) is 5.78. The van der Waals surface area contributed by atoms with Gasteiger partial charge in [-0.15, -0.1) is 0 Å². The van der Waals surface area contributed by atoms with Crippen molar-refractivity contribution in [3.63, 3.8) is 0 Å².